The Hall–Kier alpha value is -4.97. The fourth-order valence-electron chi connectivity index (χ4n) is 4.55. The van der Waals surface area contributed by atoms with Crippen LogP contribution in [0.25, 0.3) is 0 Å². The summed E-state index contributed by atoms with van der Waals surface area (Å²) in [5, 5.41) is 37.0. The summed E-state index contributed by atoms with van der Waals surface area (Å²) in [6.07, 6.45) is 3.52. The molecule has 0 heterocycles. The van der Waals surface area contributed by atoms with E-state index in [0.717, 1.165) is 0 Å². The third-order valence-corrected chi connectivity index (χ3v) is 7.52. The normalized spacial score (nSPS) is 12.8. The van der Waals surface area contributed by atoms with Crippen LogP contribution in [-0.2, 0) is 43.2 Å². The lowest BCUT2D eigenvalue weighted by Crippen LogP contribution is -2.54. The molecular formula is C31H58N12O11. The summed E-state index contributed by atoms with van der Waals surface area (Å²) in [6, 6.07) is -4.84. The van der Waals surface area contributed by atoms with Crippen molar-refractivity contribution >= 4 is 53.2 Å². The summed E-state index contributed by atoms with van der Waals surface area (Å²) in [7, 11) is 0. The predicted octanol–water partition coefficient (Wildman–Crippen LogP) is -7.19. The van der Waals surface area contributed by atoms with Crippen molar-refractivity contribution in [2.45, 2.75) is 82.0 Å². The second kappa shape index (κ2) is 29.5. The zero-order valence-corrected chi connectivity index (χ0v) is 30.4. The molecule has 4 atom stereocenters. The van der Waals surface area contributed by atoms with Gasteiger partial charge >= 0.3 is 5.97 Å². The van der Waals surface area contributed by atoms with E-state index < -0.39 is 110 Å². The number of carbonyl (C=O) groups is 9. The number of carboxylic acid groups (broad SMARTS) is 1. The van der Waals surface area contributed by atoms with Gasteiger partial charge in [0.15, 0.2) is 0 Å². The number of hydrogen-bond donors (Lipinski definition) is 14. The zero-order valence-electron chi connectivity index (χ0n) is 30.4. The molecule has 23 heteroatoms. The lowest BCUT2D eigenvalue weighted by Gasteiger charge is -2.21. The van der Waals surface area contributed by atoms with Crippen LogP contribution in [0.5, 0.6) is 0 Å². The highest BCUT2D eigenvalue weighted by Crippen LogP contribution is 2.03. The van der Waals surface area contributed by atoms with Gasteiger partial charge in [0.25, 0.3) is 0 Å². The summed E-state index contributed by atoms with van der Waals surface area (Å²) >= 11 is 0. The molecule has 0 aromatic carbocycles. The molecule has 0 saturated carbocycles. The number of rotatable bonds is 30. The van der Waals surface area contributed by atoms with Crippen molar-refractivity contribution in [3.63, 3.8) is 0 Å². The SMILES string of the molecule is NCCCC[C@H](NC(=O)CN)C(=O)NCC(=O)NCC(=O)N[C@@H](CCCCN)C(=O)NCC(=O)NCC(=O)N[C@@H](CCCCN)C(=O)N[C@@H](CO)C(=O)O. The molecule has 18 N–H and O–H groups in total. The van der Waals surface area contributed by atoms with Crippen LogP contribution in [0.3, 0.4) is 0 Å². The van der Waals surface area contributed by atoms with Crippen LogP contribution in [0.1, 0.15) is 57.8 Å². The molecule has 0 spiro atoms. The van der Waals surface area contributed by atoms with Crippen molar-refractivity contribution in [1.82, 2.24) is 42.5 Å². The van der Waals surface area contributed by atoms with E-state index in [9.17, 15) is 48.3 Å². The Morgan fingerprint density at radius 1 is 0.426 bits per heavy atom. The maximum atomic E-state index is 12.9. The van der Waals surface area contributed by atoms with Gasteiger partial charge in [0.2, 0.25) is 47.3 Å². The molecule has 0 unspecified atom stereocenters. The molecule has 308 valence electrons. The molecule has 0 aliphatic heterocycles. The number of aliphatic hydroxyl groups excluding tert-OH is 1. The maximum absolute atomic E-state index is 12.9. The minimum atomic E-state index is -1.59. The van der Waals surface area contributed by atoms with Crippen LogP contribution in [0.15, 0.2) is 0 Å². The fraction of sp³-hybridized carbons (Fsp3) is 0.710. The molecule has 0 rings (SSSR count). The molecule has 0 saturated heterocycles. The number of aliphatic carboxylic acids is 1. The van der Waals surface area contributed by atoms with Gasteiger partial charge in [0.05, 0.1) is 39.3 Å². The predicted molar refractivity (Wildman–Crippen MR) is 192 cm³/mol. The van der Waals surface area contributed by atoms with Crippen LogP contribution in [0.2, 0.25) is 0 Å². The van der Waals surface area contributed by atoms with Crippen LogP contribution in [0.4, 0.5) is 0 Å². The van der Waals surface area contributed by atoms with E-state index in [2.05, 4.69) is 42.5 Å². The number of aliphatic hydroxyl groups is 1. The van der Waals surface area contributed by atoms with Gasteiger partial charge in [-0.25, -0.2) is 4.79 Å². The van der Waals surface area contributed by atoms with E-state index in [0.29, 0.717) is 58.2 Å². The van der Waals surface area contributed by atoms with Gasteiger partial charge < -0.3 is 75.7 Å². The molecule has 0 aliphatic rings. The highest BCUT2D eigenvalue weighted by Gasteiger charge is 2.27. The van der Waals surface area contributed by atoms with E-state index in [1.165, 1.54) is 0 Å². The molecule has 0 fully saturated rings. The maximum Gasteiger partial charge on any atom is 0.328 e. The largest absolute Gasteiger partial charge is 0.480 e. The molecule has 23 nitrogen and oxygen atoms in total. The van der Waals surface area contributed by atoms with Crippen LogP contribution < -0.4 is 65.5 Å². The van der Waals surface area contributed by atoms with E-state index in [1.807, 2.05) is 0 Å². The minimum absolute atomic E-state index is 0.0982. The first-order valence-electron chi connectivity index (χ1n) is 17.6. The van der Waals surface area contributed by atoms with Crippen LogP contribution >= 0.6 is 0 Å². The van der Waals surface area contributed by atoms with Crippen molar-refractivity contribution < 1.29 is 53.4 Å². The molecular weight excluding hydrogens is 716 g/mol. The highest BCUT2D eigenvalue weighted by molar-refractivity contribution is 5.95. The Bertz CT molecular complexity index is 1240. The number of nitrogens with two attached hydrogens (primary N) is 4. The van der Waals surface area contributed by atoms with Gasteiger partial charge in [-0.05, 0) is 77.4 Å². The smallest absolute Gasteiger partial charge is 0.328 e. The zero-order chi connectivity index (χ0) is 40.9. The van der Waals surface area contributed by atoms with Crippen LogP contribution in [-0.4, -0.2) is 147 Å². The molecule has 0 aromatic rings. The van der Waals surface area contributed by atoms with Crippen molar-refractivity contribution in [3.8, 4) is 0 Å². The fourth-order valence-corrected chi connectivity index (χ4v) is 4.55. The quantitative estimate of drug-likeness (QED) is 0.0302. The average molecular weight is 775 g/mol. The Balaban J connectivity index is 5.03. The Labute approximate surface area is 312 Å². The minimum Gasteiger partial charge on any atom is -0.480 e. The molecule has 0 aliphatic carbocycles. The monoisotopic (exact) mass is 774 g/mol. The molecule has 8 amide bonds. The number of carbonyl (C=O) groups excluding carboxylic acids is 8. The molecule has 54 heavy (non-hydrogen) atoms. The van der Waals surface area contributed by atoms with Crippen LogP contribution in [0, 0.1) is 0 Å². The Kier molecular flexibility index (Phi) is 26.8. The van der Waals surface area contributed by atoms with E-state index in [4.69, 9.17) is 28.0 Å². The number of amides is 8. The number of nitrogens with one attached hydrogen (secondary N) is 8. The summed E-state index contributed by atoms with van der Waals surface area (Å²) < 4.78 is 0. The van der Waals surface area contributed by atoms with Crippen molar-refractivity contribution in [3.05, 3.63) is 0 Å². The molecule has 0 bridgehead atoms. The van der Waals surface area contributed by atoms with Gasteiger partial charge in [0, 0.05) is 0 Å². The van der Waals surface area contributed by atoms with Gasteiger partial charge in [-0.1, -0.05) is 0 Å². The van der Waals surface area contributed by atoms with Gasteiger partial charge in [-0.3, -0.25) is 38.4 Å². The standard InChI is InChI=1S/C31H58N12O11/c32-10-4-1-7-19(40-23(45)13-35)28(50)38-14-24(46)36-16-26(48)41-20(8-2-5-11-33)29(51)39-15-25(47)37-17-27(49)42-21(9-3-6-12-34)30(52)43-22(18-44)31(53)54/h19-22,44H,1-18,32-35H2,(H,36,46)(H,37,47)(H,38,50)(H,39,51)(H,40,45)(H,41,48)(H,42,49)(H,43,52)(H,53,54)/t19-,20-,21-,22-/m0/s1. The van der Waals surface area contributed by atoms with Gasteiger partial charge in [-0.15, -0.1) is 0 Å². The summed E-state index contributed by atoms with van der Waals surface area (Å²) in [5.74, 6) is -7.34. The molecule has 0 radical (unpaired) electrons. The number of hydrogen-bond acceptors (Lipinski definition) is 14. The third-order valence-electron chi connectivity index (χ3n) is 7.52. The Morgan fingerprint density at radius 2 is 0.778 bits per heavy atom. The second-order valence-corrected chi connectivity index (χ2v) is 12.0. The van der Waals surface area contributed by atoms with E-state index in [-0.39, 0.29) is 25.8 Å². The first-order valence-corrected chi connectivity index (χ1v) is 17.6. The van der Waals surface area contributed by atoms with Crippen molar-refractivity contribution in [2.75, 3.05) is 59.0 Å². The van der Waals surface area contributed by atoms with Gasteiger partial charge in [-0.2, -0.15) is 0 Å². The number of unbranched alkanes of at least 4 members (excludes halogenated alkanes) is 3. The lowest BCUT2D eigenvalue weighted by molar-refractivity contribution is -0.143. The van der Waals surface area contributed by atoms with Gasteiger partial charge in [0.1, 0.15) is 24.2 Å². The number of carboxylic acids is 1. The first-order chi connectivity index (χ1) is 25.7. The third kappa shape index (κ3) is 22.9. The summed E-state index contributed by atoms with van der Waals surface area (Å²) in [4.78, 5) is 111. The summed E-state index contributed by atoms with van der Waals surface area (Å²) in [6.45, 7) is -2.46. The second-order valence-electron chi connectivity index (χ2n) is 12.0. The Morgan fingerprint density at radius 3 is 1.11 bits per heavy atom. The molecule has 0 aromatic heterocycles. The average Bonchev–Trinajstić information content (AvgIpc) is 3.14. The highest BCUT2D eigenvalue weighted by atomic mass is 16.4. The van der Waals surface area contributed by atoms with Crippen molar-refractivity contribution in [1.29, 1.82) is 0 Å². The topological polar surface area (TPSA) is 394 Å². The summed E-state index contributed by atoms with van der Waals surface area (Å²) in [5.41, 5.74) is 21.8. The first kappa shape index (κ1) is 49.0. The van der Waals surface area contributed by atoms with E-state index in [1.54, 1.807) is 0 Å². The van der Waals surface area contributed by atoms with E-state index >= 15 is 0 Å². The lowest BCUT2D eigenvalue weighted by atomic mass is 10.1. The van der Waals surface area contributed by atoms with Crippen molar-refractivity contribution in [2.24, 2.45) is 22.9 Å².